The molecule has 1 aliphatic rings. The number of anilines is 1. The Morgan fingerprint density at radius 2 is 1.86 bits per heavy atom. The highest BCUT2D eigenvalue weighted by molar-refractivity contribution is 7.22. The van der Waals surface area contributed by atoms with Crippen molar-refractivity contribution in [1.29, 1.82) is 0 Å². The van der Waals surface area contributed by atoms with Crippen molar-refractivity contribution in [3.63, 3.8) is 0 Å². The van der Waals surface area contributed by atoms with Gasteiger partial charge in [-0.3, -0.25) is 14.5 Å². The van der Waals surface area contributed by atoms with E-state index >= 15 is 0 Å². The third kappa shape index (κ3) is 3.74. The quantitative estimate of drug-likeness (QED) is 0.234. The fraction of sp³-hybridized carbons (Fsp3) is 0.192. The van der Waals surface area contributed by atoms with E-state index in [0.717, 1.165) is 10.3 Å². The molecule has 35 heavy (non-hydrogen) atoms. The van der Waals surface area contributed by atoms with Gasteiger partial charge in [0.15, 0.2) is 5.13 Å². The largest absolute Gasteiger partial charge is 0.507 e. The number of aliphatic hydroxyl groups excluding tert-OH is 1. The zero-order chi connectivity index (χ0) is 24.9. The topological polar surface area (TPSA) is 102 Å². The Morgan fingerprint density at radius 3 is 2.51 bits per heavy atom. The molecule has 2 aromatic carbocycles. The fourth-order valence-corrected chi connectivity index (χ4v) is 5.22. The molecule has 3 heterocycles. The van der Waals surface area contributed by atoms with E-state index in [-0.39, 0.29) is 11.3 Å². The smallest absolute Gasteiger partial charge is 0.302 e. The summed E-state index contributed by atoms with van der Waals surface area (Å²) in [6, 6.07) is 12.9. The van der Waals surface area contributed by atoms with Crippen molar-refractivity contribution in [3.05, 3.63) is 76.8 Å². The summed E-state index contributed by atoms with van der Waals surface area (Å²) in [4.78, 5) is 32.5. The van der Waals surface area contributed by atoms with Gasteiger partial charge in [-0.05, 0) is 67.9 Å². The highest BCUT2D eigenvalue weighted by atomic mass is 32.1. The molecule has 4 aromatic rings. The van der Waals surface area contributed by atoms with Crippen LogP contribution >= 0.6 is 11.3 Å². The normalized spacial score (nSPS) is 17.4. The van der Waals surface area contributed by atoms with Crippen LogP contribution in [0.3, 0.4) is 0 Å². The Bertz CT molecular complexity index is 1520. The van der Waals surface area contributed by atoms with Crippen LogP contribution in [0.5, 0.6) is 11.5 Å². The van der Waals surface area contributed by atoms with Crippen LogP contribution in [0, 0.1) is 13.8 Å². The van der Waals surface area contributed by atoms with Gasteiger partial charge in [-0.15, -0.1) is 0 Å². The van der Waals surface area contributed by atoms with Crippen LogP contribution in [0.25, 0.3) is 16.0 Å². The number of carbonyl (C=O) groups is 2. The number of hydrogen-bond acceptors (Lipinski definition) is 8. The lowest BCUT2D eigenvalue weighted by molar-refractivity contribution is -0.132. The average molecular weight is 491 g/mol. The number of nitrogens with zero attached hydrogens (tertiary/aromatic N) is 2. The summed E-state index contributed by atoms with van der Waals surface area (Å²) in [7, 11) is 3.13. The third-order valence-corrected chi connectivity index (χ3v) is 6.95. The number of aliphatic hydroxyl groups is 1. The number of Topliss-reactive ketones (excluding diaryl/α,β-unsaturated/α-hetero) is 1. The second-order valence-electron chi connectivity index (χ2n) is 8.13. The number of amides is 1. The molecular weight excluding hydrogens is 468 g/mol. The maximum Gasteiger partial charge on any atom is 0.302 e. The Morgan fingerprint density at radius 1 is 1.06 bits per heavy atom. The van der Waals surface area contributed by atoms with E-state index in [1.54, 1.807) is 63.6 Å². The molecule has 1 atom stereocenters. The SMILES string of the molecule is COc1ccc2nc(N3C(=O)C(=O)/C(=C(/O)c4ccc(OC)c(C)c4)[C@@H]3c3ccc(C)o3)sc2c1. The van der Waals surface area contributed by atoms with Gasteiger partial charge in [0.2, 0.25) is 0 Å². The predicted molar refractivity (Wildman–Crippen MR) is 132 cm³/mol. The number of thiazole rings is 1. The predicted octanol–water partition coefficient (Wildman–Crippen LogP) is 5.15. The number of furan rings is 1. The van der Waals surface area contributed by atoms with Crippen molar-refractivity contribution >= 4 is 44.1 Å². The fourth-order valence-electron chi connectivity index (χ4n) is 4.20. The molecule has 0 unspecified atom stereocenters. The highest BCUT2D eigenvalue weighted by Crippen LogP contribution is 2.45. The number of ketones is 1. The van der Waals surface area contributed by atoms with Crippen molar-refractivity contribution in [3.8, 4) is 11.5 Å². The first-order valence-corrected chi connectivity index (χ1v) is 11.6. The van der Waals surface area contributed by atoms with Gasteiger partial charge in [0, 0.05) is 5.56 Å². The lowest BCUT2D eigenvalue weighted by Gasteiger charge is -2.20. The number of fused-ring (bicyclic) bond motifs is 1. The molecule has 1 fully saturated rings. The van der Waals surface area contributed by atoms with E-state index in [1.165, 1.54) is 16.2 Å². The van der Waals surface area contributed by atoms with Gasteiger partial charge in [0.25, 0.3) is 5.78 Å². The maximum atomic E-state index is 13.3. The number of carbonyl (C=O) groups excluding carboxylic acids is 2. The summed E-state index contributed by atoms with van der Waals surface area (Å²) >= 11 is 1.25. The zero-order valence-corrected chi connectivity index (χ0v) is 20.3. The number of methoxy groups -OCH3 is 2. The number of aromatic nitrogens is 1. The van der Waals surface area contributed by atoms with E-state index in [4.69, 9.17) is 13.9 Å². The second-order valence-corrected chi connectivity index (χ2v) is 9.14. The van der Waals surface area contributed by atoms with Gasteiger partial charge in [0.05, 0.1) is 30.0 Å². The maximum absolute atomic E-state index is 13.3. The first-order chi connectivity index (χ1) is 16.8. The van der Waals surface area contributed by atoms with E-state index in [9.17, 15) is 14.7 Å². The molecule has 9 heteroatoms. The molecule has 0 aliphatic carbocycles. The third-order valence-electron chi connectivity index (χ3n) is 5.93. The molecular formula is C26H22N2O6S. The lowest BCUT2D eigenvalue weighted by Crippen LogP contribution is -2.29. The zero-order valence-electron chi connectivity index (χ0n) is 19.5. The summed E-state index contributed by atoms with van der Waals surface area (Å²) in [6.07, 6.45) is 0. The van der Waals surface area contributed by atoms with Crippen LogP contribution in [0.15, 0.2) is 58.5 Å². The van der Waals surface area contributed by atoms with E-state index in [2.05, 4.69) is 4.98 Å². The lowest BCUT2D eigenvalue weighted by atomic mass is 9.98. The molecule has 0 spiro atoms. The highest BCUT2D eigenvalue weighted by Gasteiger charge is 2.49. The van der Waals surface area contributed by atoms with Gasteiger partial charge in [-0.1, -0.05) is 11.3 Å². The number of ether oxygens (including phenoxy) is 2. The molecule has 178 valence electrons. The second kappa shape index (κ2) is 8.59. The number of rotatable bonds is 5. The van der Waals surface area contributed by atoms with E-state index < -0.39 is 17.7 Å². The average Bonchev–Trinajstić information content (AvgIpc) is 3.53. The molecule has 0 radical (unpaired) electrons. The summed E-state index contributed by atoms with van der Waals surface area (Å²) < 4.78 is 17.2. The van der Waals surface area contributed by atoms with Crippen LogP contribution in [-0.2, 0) is 9.59 Å². The monoisotopic (exact) mass is 490 g/mol. The first-order valence-electron chi connectivity index (χ1n) is 10.8. The summed E-state index contributed by atoms with van der Waals surface area (Å²) in [5.74, 6) is 0.366. The minimum atomic E-state index is -0.978. The Balaban J connectivity index is 1.70. The van der Waals surface area contributed by atoms with Gasteiger partial charge < -0.3 is 19.0 Å². The van der Waals surface area contributed by atoms with Crippen molar-refractivity contribution in [1.82, 2.24) is 4.98 Å². The molecule has 0 bridgehead atoms. The first kappa shape index (κ1) is 22.7. The van der Waals surface area contributed by atoms with Crippen molar-refractivity contribution in [2.24, 2.45) is 0 Å². The minimum absolute atomic E-state index is 0.0641. The number of aryl methyl sites for hydroxylation is 2. The van der Waals surface area contributed by atoms with Crippen molar-refractivity contribution < 1.29 is 28.6 Å². The molecule has 1 aliphatic heterocycles. The standard InChI is InChI=1S/C26H22N2O6S/c1-13-11-15(6-10-18(13)33-4)23(29)21-22(19-9-5-14(2)34-19)28(25(31)24(21)30)26-27-17-8-7-16(32-3)12-20(17)35-26/h5-12,22,29H,1-4H3/b23-21+/t22-/m0/s1. The summed E-state index contributed by atoms with van der Waals surface area (Å²) in [6.45, 7) is 3.60. The van der Waals surface area contributed by atoms with Crippen LogP contribution < -0.4 is 14.4 Å². The van der Waals surface area contributed by atoms with Gasteiger partial charge in [-0.2, -0.15) is 0 Å². The van der Waals surface area contributed by atoms with Crippen LogP contribution in [-0.4, -0.2) is 36.0 Å². The molecule has 0 saturated carbocycles. The van der Waals surface area contributed by atoms with E-state index in [0.29, 0.717) is 39.2 Å². The van der Waals surface area contributed by atoms with Crippen molar-refractivity contribution in [2.45, 2.75) is 19.9 Å². The van der Waals surface area contributed by atoms with Gasteiger partial charge >= 0.3 is 5.91 Å². The molecule has 1 amide bonds. The van der Waals surface area contributed by atoms with Crippen LogP contribution in [0.2, 0.25) is 0 Å². The number of benzene rings is 2. The Kier molecular flexibility index (Phi) is 5.56. The van der Waals surface area contributed by atoms with Gasteiger partial charge in [0.1, 0.15) is 34.8 Å². The summed E-state index contributed by atoms with van der Waals surface area (Å²) in [5.41, 5.74) is 1.76. The molecule has 2 aromatic heterocycles. The van der Waals surface area contributed by atoms with Gasteiger partial charge in [-0.25, -0.2) is 4.98 Å². The van der Waals surface area contributed by atoms with E-state index in [1.807, 2.05) is 13.0 Å². The minimum Gasteiger partial charge on any atom is -0.507 e. The summed E-state index contributed by atoms with van der Waals surface area (Å²) in [5, 5.41) is 11.6. The van der Waals surface area contributed by atoms with Crippen LogP contribution in [0.4, 0.5) is 5.13 Å². The molecule has 1 saturated heterocycles. The molecule has 8 nitrogen and oxygen atoms in total. The van der Waals surface area contributed by atoms with Crippen LogP contribution in [0.1, 0.15) is 28.7 Å². The Hall–Kier alpha value is -4.11. The number of hydrogen-bond donors (Lipinski definition) is 1. The Labute approximate surface area is 205 Å². The molecule has 5 rings (SSSR count). The molecule has 1 N–H and O–H groups in total. The van der Waals surface area contributed by atoms with Crippen molar-refractivity contribution in [2.75, 3.05) is 19.1 Å².